The molecular weight excluding hydrogens is 272 g/mol. The van der Waals surface area contributed by atoms with Crippen LogP contribution in [-0.2, 0) is 0 Å². The minimum atomic E-state index is 0.0676. The van der Waals surface area contributed by atoms with Crippen LogP contribution in [-0.4, -0.2) is 32.3 Å². The van der Waals surface area contributed by atoms with Gasteiger partial charge in [0.1, 0.15) is 10.7 Å². The zero-order valence-electron chi connectivity index (χ0n) is 11.9. The Morgan fingerprint density at radius 2 is 2.25 bits per heavy atom. The molecule has 0 saturated carbocycles. The summed E-state index contributed by atoms with van der Waals surface area (Å²) in [5.41, 5.74) is 1.86. The van der Waals surface area contributed by atoms with Gasteiger partial charge in [-0.2, -0.15) is 0 Å². The molecule has 0 unspecified atom stereocenters. The van der Waals surface area contributed by atoms with Crippen LogP contribution in [0.2, 0.25) is 0 Å². The average Bonchev–Trinajstić information content (AvgIpc) is 3.08. The number of rotatable bonds is 2. The van der Waals surface area contributed by atoms with Crippen LogP contribution in [0.15, 0.2) is 6.20 Å². The van der Waals surface area contributed by atoms with Gasteiger partial charge in [-0.25, -0.2) is 9.97 Å². The summed E-state index contributed by atoms with van der Waals surface area (Å²) in [7, 11) is 0. The van der Waals surface area contributed by atoms with Crippen LogP contribution in [0.4, 0.5) is 0 Å². The Morgan fingerprint density at radius 3 is 2.85 bits per heavy atom. The minimum absolute atomic E-state index is 0.0676. The first-order valence-electron chi connectivity index (χ1n) is 6.83. The number of nitrogens with zero attached hydrogens (tertiary/aromatic N) is 3. The van der Waals surface area contributed by atoms with Crippen molar-refractivity contribution in [1.29, 1.82) is 0 Å². The Balaban J connectivity index is 1.89. The Labute approximate surface area is 122 Å². The molecule has 20 heavy (non-hydrogen) atoms. The fourth-order valence-electron chi connectivity index (χ4n) is 2.76. The van der Waals surface area contributed by atoms with Crippen molar-refractivity contribution in [1.82, 2.24) is 19.9 Å². The van der Waals surface area contributed by atoms with Gasteiger partial charge in [-0.15, -0.1) is 11.3 Å². The van der Waals surface area contributed by atoms with Gasteiger partial charge in [0.25, 0.3) is 5.91 Å². The van der Waals surface area contributed by atoms with Gasteiger partial charge in [0.2, 0.25) is 0 Å². The van der Waals surface area contributed by atoms with E-state index >= 15 is 0 Å². The van der Waals surface area contributed by atoms with Crippen LogP contribution >= 0.6 is 11.3 Å². The molecule has 106 valence electrons. The van der Waals surface area contributed by atoms with Crippen LogP contribution in [0.25, 0.3) is 0 Å². The largest absolute Gasteiger partial charge is 0.344 e. The van der Waals surface area contributed by atoms with E-state index in [1.165, 1.54) is 11.3 Å². The summed E-state index contributed by atoms with van der Waals surface area (Å²) in [6.07, 6.45) is 3.81. The lowest BCUT2D eigenvalue weighted by molar-refractivity contribution is 0.0734. The topological polar surface area (TPSA) is 61.9 Å². The monoisotopic (exact) mass is 290 g/mol. The molecule has 3 rings (SSSR count). The molecule has 0 aliphatic carbocycles. The number of carbonyl (C=O) groups is 1. The third-order valence-electron chi connectivity index (χ3n) is 3.65. The molecular formula is C14H18N4OS. The number of aromatic nitrogens is 3. The van der Waals surface area contributed by atoms with Crippen molar-refractivity contribution in [2.24, 2.45) is 0 Å². The van der Waals surface area contributed by atoms with Gasteiger partial charge in [-0.3, -0.25) is 4.79 Å². The van der Waals surface area contributed by atoms with Crippen molar-refractivity contribution in [2.45, 2.75) is 39.7 Å². The van der Waals surface area contributed by atoms with Crippen LogP contribution in [0.1, 0.15) is 50.8 Å². The first-order chi connectivity index (χ1) is 9.56. The molecule has 1 N–H and O–H groups in total. The predicted octanol–water partition coefficient (Wildman–Crippen LogP) is 2.77. The van der Waals surface area contributed by atoms with E-state index in [4.69, 9.17) is 0 Å². The molecule has 1 fully saturated rings. The first kappa shape index (κ1) is 13.3. The summed E-state index contributed by atoms with van der Waals surface area (Å²) in [4.78, 5) is 27.4. The highest BCUT2D eigenvalue weighted by atomic mass is 32.1. The number of nitrogens with one attached hydrogen (secondary N) is 1. The lowest BCUT2D eigenvalue weighted by Crippen LogP contribution is -2.31. The number of hydrogen-bond donors (Lipinski definition) is 1. The fraction of sp³-hybridized carbons (Fsp3) is 0.500. The van der Waals surface area contributed by atoms with E-state index in [9.17, 15) is 4.79 Å². The van der Waals surface area contributed by atoms with E-state index in [1.54, 1.807) is 0 Å². The average molecular weight is 290 g/mol. The van der Waals surface area contributed by atoms with Gasteiger partial charge < -0.3 is 9.88 Å². The summed E-state index contributed by atoms with van der Waals surface area (Å²) in [5.74, 6) is 0.983. The van der Waals surface area contributed by atoms with Crippen LogP contribution in [0, 0.1) is 20.8 Å². The Bertz CT molecular complexity index is 645. The fourth-order valence-corrected chi connectivity index (χ4v) is 3.63. The predicted molar refractivity (Wildman–Crippen MR) is 77.9 cm³/mol. The molecule has 0 aromatic carbocycles. The number of imidazole rings is 1. The van der Waals surface area contributed by atoms with Gasteiger partial charge in [0.15, 0.2) is 0 Å². The molecule has 1 atom stereocenters. The summed E-state index contributed by atoms with van der Waals surface area (Å²) < 4.78 is 0. The Morgan fingerprint density at radius 1 is 1.45 bits per heavy atom. The molecule has 6 heteroatoms. The number of aryl methyl sites for hydroxylation is 3. The molecule has 3 heterocycles. The van der Waals surface area contributed by atoms with Crippen molar-refractivity contribution in [3.63, 3.8) is 0 Å². The Kier molecular flexibility index (Phi) is 3.33. The zero-order valence-corrected chi connectivity index (χ0v) is 12.8. The number of amides is 1. The lowest BCUT2D eigenvalue weighted by Gasteiger charge is -2.22. The lowest BCUT2D eigenvalue weighted by atomic mass is 10.2. The highest BCUT2D eigenvalue weighted by Crippen LogP contribution is 2.33. The van der Waals surface area contributed by atoms with Crippen molar-refractivity contribution >= 4 is 17.2 Å². The molecule has 1 amide bonds. The molecule has 1 saturated heterocycles. The molecule has 0 spiro atoms. The second-order valence-corrected chi connectivity index (χ2v) is 6.46. The number of aromatic amines is 1. The summed E-state index contributed by atoms with van der Waals surface area (Å²) in [6.45, 7) is 6.61. The first-order valence-corrected chi connectivity index (χ1v) is 7.64. The standard InChI is InChI=1S/C14H18N4OS/c1-8-7-15-13(16-8)11-5-4-6-18(11)14(19)12-9(2)17-10(3)20-12/h7,11H,4-6H2,1-3H3,(H,15,16)/t11-/m0/s1. The van der Waals surface area contributed by atoms with E-state index < -0.39 is 0 Å². The van der Waals surface area contributed by atoms with Crippen molar-refractivity contribution in [3.05, 3.63) is 33.3 Å². The summed E-state index contributed by atoms with van der Waals surface area (Å²) >= 11 is 1.48. The second-order valence-electron chi connectivity index (χ2n) is 5.26. The summed E-state index contributed by atoms with van der Waals surface area (Å²) in [6, 6.07) is 0.0676. The SMILES string of the molecule is Cc1cnc([C@@H]2CCCN2C(=O)c2sc(C)nc2C)[nH]1. The van der Waals surface area contributed by atoms with Crippen molar-refractivity contribution in [2.75, 3.05) is 6.54 Å². The quantitative estimate of drug-likeness (QED) is 0.925. The molecule has 0 bridgehead atoms. The minimum Gasteiger partial charge on any atom is -0.344 e. The number of H-pyrrole nitrogens is 1. The number of thiazole rings is 1. The van der Waals surface area contributed by atoms with Gasteiger partial charge in [0.05, 0.1) is 16.7 Å². The maximum absolute atomic E-state index is 12.7. The van der Waals surface area contributed by atoms with Crippen molar-refractivity contribution < 1.29 is 4.79 Å². The van der Waals surface area contributed by atoms with Crippen molar-refractivity contribution in [3.8, 4) is 0 Å². The van der Waals surface area contributed by atoms with Gasteiger partial charge in [-0.05, 0) is 33.6 Å². The maximum atomic E-state index is 12.7. The van der Waals surface area contributed by atoms with E-state index in [2.05, 4.69) is 15.0 Å². The normalized spacial score (nSPS) is 18.8. The summed E-state index contributed by atoms with van der Waals surface area (Å²) in [5, 5.41) is 0.940. The number of hydrogen-bond acceptors (Lipinski definition) is 4. The highest BCUT2D eigenvalue weighted by Gasteiger charge is 2.33. The van der Waals surface area contributed by atoms with E-state index in [0.29, 0.717) is 0 Å². The second kappa shape index (κ2) is 5.01. The molecule has 1 aliphatic heterocycles. The van der Waals surface area contributed by atoms with E-state index in [0.717, 1.165) is 46.5 Å². The Hall–Kier alpha value is -1.69. The molecule has 2 aromatic rings. The zero-order chi connectivity index (χ0) is 14.3. The maximum Gasteiger partial charge on any atom is 0.266 e. The van der Waals surface area contributed by atoms with Gasteiger partial charge in [-0.1, -0.05) is 0 Å². The molecule has 5 nitrogen and oxygen atoms in total. The smallest absolute Gasteiger partial charge is 0.266 e. The van der Waals surface area contributed by atoms with Crippen LogP contribution in [0.3, 0.4) is 0 Å². The van der Waals surface area contributed by atoms with E-state index in [-0.39, 0.29) is 11.9 Å². The van der Waals surface area contributed by atoms with Crippen LogP contribution < -0.4 is 0 Å². The molecule has 0 radical (unpaired) electrons. The van der Waals surface area contributed by atoms with Gasteiger partial charge in [0, 0.05) is 18.4 Å². The number of carbonyl (C=O) groups excluding carboxylic acids is 1. The highest BCUT2D eigenvalue weighted by molar-refractivity contribution is 7.13. The van der Waals surface area contributed by atoms with Gasteiger partial charge >= 0.3 is 0 Å². The molecule has 2 aromatic heterocycles. The third kappa shape index (κ3) is 2.24. The van der Waals surface area contributed by atoms with E-state index in [1.807, 2.05) is 31.9 Å². The van der Waals surface area contributed by atoms with Crippen LogP contribution in [0.5, 0.6) is 0 Å². The third-order valence-corrected chi connectivity index (χ3v) is 4.71. The number of likely N-dealkylation sites (tertiary alicyclic amines) is 1. The molecule has 1 aliphatic rings.